The molecule has 3 rings (SSSR count). The SMILES string of the molecule is Cc1ccc(C(=O)N2CCCC(C(=O)NC3(CC(=O)O)CCOC3)C2)cc1. The molecule has 2 unspecified atom stereocenters. The fourth-order valence-corrected chi connectivity index (χ4v) is 3.80. The minimum atomic E-state index is -0.958. The number of carbonyl (C=O) groups is 3. The van der Waals surface area contributed by atoms with Crippen molar-refractivity contribution in [3.8, 4) is 0 Å². The molecule has 2 saturated heterocycles. The molecule has 2 N–H and O–H groups in total. The summed E-state index contributed by atoms with van der Waals surface area (Å²) in [7, 11) is 0. The Hall–Kier alpha value is -2.41. The van der Waals surface area contributed by atoms with Crippen LogP contribution in [0.2, 0.25) is 0 Å². The van der Waals surface area contributed by atoms with E-state index in [1.165, 1.54) is 0 Å². The van der Waals surface area contributed by atoms with Crippen LogP contribution in [-0.4, -0.2) is 59.6 Å². The summed E-state index contributed by atoms with van der Waals surface area (Å²) in [6.45, 7) is 3.59. The van der Waals surface area contributed by atoms with E-state index in [1.807, 2.05) is 19.1 Å². The fourth-order valence-electron chi connectivity index (χ4n) is 3.80. The summed E-state index contributed by atoms with van der Waals surface area (Å²) in [5, 5.41) is 12.1. The zero-order valence-electron chi connectivity index (χ0n) is 15.6. The lowest BCUT2D eigenvalue weighted by molar-refractivity contribution is -0.139. The predicted octanol–water partition coefficient (Wildman–Crippen LogP) is 1.60. The lowest BCUT2D eigenvalue weighted by Crippen LogP contribution is -2.54. The van der Waals surface area contributed by atoms with Gasteiger partial charge < -0.3 is 20.1 Å². The van der Waals surface area contributed by atoms with Crippen LogP contribution in [0.25, 0.3) is 0 Å². The standard InChI is InChI=1S/C20H26N2O5/c1-14-4-6-15(7-5-14)19(26)22-9-2-3-16(12-22)18(25)21-20(11-17(23)24)8-10-27-13-20/h4-7,16H,2-3,8-13H2,1H3,(H,21,25)(H,23,24). The molecule has 0 radical (unpaired) electrons. The average Bonchev–Trinajstić information content (AvgIpc) is 3.09. The van der Waals surface area contributed by atoms with Crippen molar-refractivity contribution in [2.24, 2.45) is 5.92 Å². The number of ether oxygens (including phenoxy) is 1. The maximum atomic E-state index is 12.8. The Labute approximate surface area is 158 Å². The number of aliphatic carboxylic acids is 1. The van der Waals surface area contributed by atoms with Crippen LogP contribution in [0.15, 0.2) is 24.3 Å². The number of piperidine rings is 1. The van der Waals surface area contributed by atoms with Crippen LogP contribution in [0.4, 0.5) is 0 Å². The first-order chi connectivity index (χ1) is 12.9. The predicted molar refractivity (Wildman–Crippen MR) is 98.4 cm³/mol. The lowest BCUT2D eigenvalue weighted by Gasteiger charge is -2.35. The van der Waals surface area contributed by atoms with Crippen molar-refractivity contribution >= 4 is 17.8 Å². The summed E-state index contributed by atoms with van der Waals surface area (Å²) in [5.74, 6) is -1.56. The van der Waals surface area contributed by atoms with Gasteiger partial charge in [-0.2, -0.15) is 0 Å². The van der Waals surface area contributed by atoms with Crippen LogP contribution >= 0.6 is 0 Å². The molecule has 146 valence electrons. The highest BCUT2D eigenvalue weighted by Gasteiger charge is 2.40. The fraction of sp³-hybridized carbons (Fsp3) is 0.550. The van der Waals surface area contributed by atoms with Crippen molar-refractivity contribution in [2.45, 2.75) is 38.1 Å². The minimum Gasteiger partial charge on any atom is -0.481 e. The largest absolute Gasteiger partial charge is 0.481 e. The highest BCUT2D eigenvalue weighted by molar-refractivity contribution is 5.94. The molecule has 0 aliphatic carbocycles. The third-order valence-corrected chi connectivity index (χ3v) is 5.36. The molecule has 7 heteroatoms. The molecule has 1 aromatic carbocycles. The van der Waals surface area contributed by atoms with E-state index >= 15 is 0 Å². The number of likely N-dealkylation sites (tertiary alicyclic amines) is 1. The number of hydrogen-bond acceptors (Lipinski definition) is 4. The van der Waals surface area contributed by atoms with Crippen molar-refractivity contribution in [1.29, 1.82) is 0 Å². The molecule has 1 aromatic rings. The second kappa shape index (κ2) is 8.08. The van der Waals surface area contributed by atoms with E-state index in [0.29, 0.717) is 38.1 Å². The third kappa shape index (κ3) is 4.66. The van der Waals surface area contributed by atoms with Crippen LogP contribution in [0.3, 0.4) is 0 Å². The van der Waals surface area contributed by atoms with E-state index in [4.69, 9.17) is 9.84 Å². The van der Waals surface area contributed by atoms with Gasteiger partial charge in [0, 0.05) is 25.3 Å². The Morgan fingerprint density at radius 3 is 2.67 bits per heavy atom. The number of carbonyl (C=O) groups excluding carboxylic acids is 2. The zero-order chi connectivity index (χ0) is 19.4. The van der Waals surface area contributed by atoms with E-state index in [9.17, 15) is 14.4 Å². The molecule has 2 amide bonds. The molecule has 2 fully saturated rings. The second-order valence-corrected chi connectivity index (χ2v) is 7.60. The van der Waals surface area contributed by atoms with Crippen LogP contribution in [-0.2, 0) is 14.3 Å². The number of nitrogens with one attached hydrogen (secondary N) is 1. The number of carboxylic acids is 1. The van der Waals surface area contributed by atoms with Crippen molar-refractivity contribution < 1.29 is 24.2 Å². The molecular formula is C20H26N2O5. The quantitative estimate of drug-likeness (QED) is 0.816. The highest BCUT2D eigenvalue weighted by Crippen LogP contribution is 2.25. The average molecular weight is 374 g/mol. The van der Waals surface area contributed by atoms with Gasteiger partial charge >= 0.3 is 5.97 Å². The van der Waals surface area contributed by atoms with E-state index in [2.05, 4.69) is 5.32 Å². The van der Waals surface area contributed by atoms with E-state index in [1.54, 1.807) is 17.0 Å². The van der Waals surface area contributed by atoms with Crippen LogP contribution < -0.4 is 5.32 Å². The second-order valence-electron chi connectivity index (χ2n) is 7.60. The van der Waals surface area contributed by atoms with Crippen LogP contribution in [0.5, 0.6) is 0 Å². The van der Waals surface area contributed by atoms with Crippen molar-refractivity contribution in [3.05, 3.63) is 35.4 Å². The van der Waals surface area contributed by atoms with Gasteiger partial charge in [0.25, 0.3) is 5.91 Å². The highest BCUT2D eigenvalue weighted by atomic mass is 16.5. The first kappa shape index (κ1) is 19.4. The maximum Gasteiger partial charge on any atom is 0.305 e. The Morgan fingerprint density at radius 1 is 1.30 bits per heavy atom. The summed E-state index contributed by atoms with van der Waals surface area (Å²) in [6.07, 6.45) is 1.77. The molecule has 2 atom stereocenters. The normalized spacial score (nSPS) is 25.2. The van der Waals surface area contributed by atoms with Crippen LogP contribution in [0, 0.1) is 12.8 Å². The molecule has 2 heterocycles. The van der Waals surface area contributed by atoms with Crippen LogP contribution in [0.1, 0.15) is 41.6 Å². The molecule has 0 aromatic heterocycles. The van der Waals surface area contributed by atoms with E-state index in [0.717, 1.165) is 12.0 Å². The Balaban J connectivity index is 1.64. The Kier molecular flexibility index (Phi) is 5.79. The number of amides is 2. The number of benzene rings is 1. The van der Waals surface area contributed by atoms with Gasteiger partial charge in [0.05, 0.1) is 24.5 Å². The Bertz CT molecular complexity index is 710. The molecule has 27 heavy (non-hydrogen) atoms. The zero-order valence-corrected chi connectivity index (χ0v) is 15.6. The molecular weight excluding hydrogens is 348 g/mol. The third-order valence-electron chi connectivity index (χ3n) is 5.36. The Morgan fingerprint density at radius 2 is 2.04 bits per heavy atom. The van der Waals surface area contributed by atoms with Gasteiger partial charge in [-0.15, -0.1) is 0 Å². The van der Waals surface area contributed by atoms with Gasteiger partial charge in [-0.3, -0.25) is 14.4 Å². The van der Waals surface area contributed by atoms with Gasteiger partial charge in [0.15, 0.2) is 0 Å². The van der Waals surface area contributed by atoms with Gasteiger partial charge in [0.1, 0.15) is 0 Å². The summed E-state index contributed by atoms with van der Waals surface area (Å²) in [6, 6.07) is 7.41. The van der Waals surface area contributed by atoms with Crippen molar-refractivity contribution in [1.82, 2.24) is 10.2 Å². The minimum absolute atomic E-state index is 0.0723. The molecule has 2 aliphatic heterocycles. The number of nitrogens with zero attached hydrogens (tertiary/aromatic N) is 1. The molecule has 0 spiro atoms. The smallest absolute Gasteiger partial charge is 0.305 e. The lowest BCUT2D eigenvalue weighted by atomic mass is 9.91. The molecule has 7 nitrogen and oxygen atoms in total. The number of carboxylic acid groups (broad SMARTS) is 1. The number of hydrogen-bond donors (Lipinski definition) is 2. The van der Waals surface area contributed by atoms with Crippen molar-refractivity contribution in [2.75, 3.05) is 26.3 Å². The summed E-state index contributed by atoms with van der Waals surface area (Å²) in [4.78, 5) is 38.4. The maximum absolute atomic E-state index is 12.8. The van der Waals surface area contributed by atoms with Gasteiger partial charge in [-0.05, 0) is 38.3 Å². The topological polar surface area (TPSA) is 95.9 Å². The number of aryl methyl sites for hydroxylation is 1. The number of rotatable bonds is 5. The molecule has 0 bridgehead atoms. The first-order valence-corrected chi connectivity index (χ1v) is 9.36. The first-order valence-electron chi connectivity index (χ1n) is 9.36. The van der Waals surface area contributed by atoms with Crippen molar-refractivity contribution in [3.63, 3.8) is 0 Å². The van der Waals surface area contributed by atoms with E-state index < -0.39 is 11.5 Å². The van der Waals surface area contributed by atoms with E-state index in [-0.39, 0.29) is 30.8 Å². The van der Waals surface area contributed by atoms with Gasteiger partial charge in [-0.1, -0.05) is 17.7 Å². The summed E-state index contributed by atoms with van der Waals surface area (Å²) in [5.41, 5.74) is 0.866. The summed E-state index contributed by atoms with van der Waals surface area (Å²) < 4.78 is 5.33. The van der Waals surface area contributed by atoms with Gasteiger partial charge in [0.2, 0.25) is 5.91 Å². The molecule has 2 aliphatic rings. The summed E-state index contributed by atoms with van der Waals surface area (Å²) >= 11 is 0. The molecule has 0 saturated carbocycles. The monoisotopic (exact) mass is 374 g/mol. The van der Waals surface area contributed by atoms with Gasteiger partial charge in [-0.25, -0.2) is 0 Å².